The third-order valence-electron chi connectivity index (χ3n) is 2.09. The molecule has 0 radical (unpaired) electrons. The highest BCUT2D eigenvalue weighted by Crippen LogP contribution is 2.05. The van der Waals surface area contributed by atoms with Gasteiger partial charge in [0.1, 0.15) is 0 Å². The van der Waals surface area contributed by atoms with E-state index in [-0.39, 0.29) is 12.3 Å². The maximum Gasteiger partial charge on any atom is 0.303 e. The first-order chi connectivity index (χ1) is 9.24. The zero-order valence-corrected chi connectivity index (χ0v) is 12.2. The molecular formula is C13H18N2O4S. The smallest absolute Gasteiger partial charge is 0.303 e. The van der Waals surface area contributed by atoms with Gasteiger partial charge in [0.25, 0.3) is 0 Å². The van der Waals surface area contributed by atoms with Crippen LogP contribution < -0.4 is 4.72 Å². The molecule has 0 bridgehead atoms. The molecule has 1 rings (SSSR count). The number of nitrogens with zero attached hydrogens (tertiary/aromatic N) is 1. The molecule has 0 heterocycles. The highest BCUT2D eigenvalue weighted by Gasteiger charge is 2.02. The molecule has 1 aromatic rings. The molecule has 6 nitrogen and oxygen atoms in total. The van der Waals surface area contributed by atoms with Crippen molar-refractivity contribution in [2.45, 2.75) is 19.8 Å². The summed E-state index contributed by atoms with van der Waals surface area (Å²) in [5.74, 6) is -0.974. The summed E-state index contributed by atoms with van der Waals surface area (Å²) in [6.45, 7) is 1.71. The minimum atomic E-state index is -3.13. The third-order valence-corrected chi connectivity index (χ3v) is 2.70. The standard InChI is InChI=1S/C7H9NO2S.C6H9NO2/c1-11(9,10)8-7-5-3-2-4-6-7;1-5(4-7)2-3-6(8)9/h2-6,8H,1H3;5H,2-3H2,1H3,(H,8,9). The Morgan fingerprint density at radius 2 is 1.95 bits per heavy atom. The van der Waals surface area contributed by atoms with Gasteiger partial charge in [-0.05, 0) is 25.5 Å². The molecule has 1 unspecified atom stereocenters. The molecule has 1 aromatic carbocycles. The molecule has 0 aliphatic carbocycles. The van der Waals surface area contributed by atoms with Gasteiger partial charge < -0.3 is 5.11 Å². The van der Waals surface area contributed by atoms with Crippen LogP contribution in [0, 0.1) is 17.2 Å². The monoisotopic (exact) mass is 298 g/mol. The number of nitriles is 1. The molecule has 0 fully saturated rings. The van der Waals surface area contributed by atoms with Gasteiger partial charge >= 0.3 is 5.97 Å². The maximum atomic E-state index is 10.7. The van der Waals surface area contributed by atoms with Crippen LogP contribution in [0.15, 0.2) is 30.3 Å². The average Bonchev–Trinajstić information content (AvgIpc) is 2.36. The van der Waals surface area contributed by atoms with Crippen LogP contribution in [0.4, 0.5) is 5.69 Å². The van der Waals surface area contributed by atoms with Gasteiger partial charge in [-0.2, -0.15) is 5.26 Å². The SMILES string of the molecule is CC(C#N)CCC(=O)O.CS(=O)(=O)Nc1ccccc1. The van der Waals surface area contributed by atoms with Crippen molar-refractivity contribution in [1.82, 2.24) is 0 Å². The molecular weight excluding hydrogens is 280 g/mol. The highest BCUT2D eigenvalue weighted by molar-refractivity contribution is 7.92. The zero-order chi connectivity index (χ0) is 15.6. The normalized spacial score (nSPS) is 11.4. The Kier molecular flexibility index (Phi) is 8.01. The van der Waals surface area contributed by atoms with Crippen molar-refractivity contribution in [2.75, 3.05) is 11.0 Å². The number of hydrogen-bond donors (Lipinski definition) is 2. The second-order valence-electron chi connectivity index (χ2n) is 4.20. The quantitative estimate of drug-likeness (QED) is 0.865. The van der Waals surface area contributed by atoms with Gasteiger partial charge in [0, 0.05) is 18.0 Å². The number of rotatable bonds is 5. The van der Waals surface area contributed by atoms with Crippen molar-refractivity contribution < 1.29 is 18.3 Å². The maximum absolute atomic E-state index is 10.7. The average molecular weight is 298 g/mol. The van der Waals surface area contributed by atoms with Gasteiger partial charge in [0.15, 0.2) is 0 Å². The molecule has 1 atom stereocenters. The predicted molar refractivity (Wildman–Crippen MR) is 76.6 cm³/mol. The number of sulfonamides is 1. The topological polar surface area (TPSA) is 107 Å². The van der Waals surface area contributed by atoms with E-state index in [0.29, 0.717) is 12.1 Å². The summed E-state index contributed by atoms with van der Waals surface area (Å²) in [7, 11) is -3.13. The Balaban J connectivity index is 0.000000370. The Hall–Kier alpha value is -2.07. The molecule has 20 heavy (non-hydrogen) atoms. The molecule has 0 saturated heterocycles. The van der Waals surface area contributed by atoms with Gasteiger partial charge in [-0.1, -0.05) is 18.2 Å². The number of hydrogen-bond acceptors (Lipinski definition) is 4. The van der Waals surface area contributed by atoms with Gasteiger partial charge in [0.2, 0.25) is 10.0 Å². The van der Waals surface area contributed by atoms with Crippen molar-refractivity contribution >= 4 is 21.7 Å². The van der Waals surface area contributed by atoms with E-state index in [1.807, 2.05) is 12.1 Å². The summed E-state index contributed by atoms with van der Waals surface area (Å²) in [4.78, 5) is 9.91. The van der Waals surface area contributed by atoms with E-state index in [1.54, 1.807) is 31.2 Å². The van der Waals surface area contributed by atoms with Gasteiger partial charge in [-0.15, -0.1) is 0 Å². The summed E-state index contributed by atoms with van der Waals surface area (Å²) >= 11 is 0. The minimum Gasteiger partial charge on any atom is -0.481 e. The Labute approximate surface area is 119 Å². The van der Waals surface area contributed by atoms with Crippen molar-refractivity contribution in [3.8, 4) is 6.07 Å². The van der Waals surface area contributed by atoms with Crippen molar-refractivity contribution in [1.29, 1.82) is 5.26 Å². The number of nitrogens with one attached hydrogen (secondary N) is 1. The summed E-state index contributed by atoms with van der Waals surface area (Å²) in [6, 6.07) is 10.7. The van der Waals surface area contributed by atoms with E-state index < -0.39 is 16.0 Å². The van der Waals surface area contributed by atoms with Crippen LogP contribution in [0.25, 0.3) is 0 Å². The second-order valence-corrected chi connectivity index (χ2v) is 5.95. The zero-order valence-electron chi connectivity index (χ0n) is 11.4. The lowest BCUT2D eigenvalue weighted by Gasteiger charge is -2.00. The first-order valence-corrected chi connectivity index (χ1v) is 7.78. The van der Waals surface area contributed by atoms with Crippen LogP contribution in [0.2, 0.25) is 0 Å². The van der Waals surface area contributed by atoms with Crippen molar-refractivity contribution in [3.05, 3.63) is 30.3 Å². The molecule has 0 aromatic heterocycles. The number of aliphatic carboxylic acids is 1. The predicted octanol–water partition coefficient (Wildman–Crippen LogP) is 2.07. The molecule has 2 N–H and O–H groups in total. The van der Waals surface area contributed by atoms with E-state index in [9.17, 15) is 13.2 Å². The van der Waals surface area contributed by atoms with Crippen LogP contribution in [0.5, 0.6) is 0 Å². The van der Waals surface area contributed by atoms with Gasteiger partial charge in [0.05, 0.1) is 12.3 Å². The summed E-state index contributed by atoms with van der Waals surface area (Å²) in [5.41, 5.74) is 0.593. The number of carboxylic acids is 1. The summed E-state index contributed by atoms with van der Waals surface area (Å²) < 4.78 is 23.7. The number of anilines is 1. The Morgan fingerprint density at radius 1 is 1.40 bits per heavy atom. The second kappa shape index (κ2) is 8.93. The first-order valence-electron chi connectivity index (χ1n) is 5.89. The van der Waals surface area contributed by atoms with Crippen LogP contribution in [0.1, 0.15) is 19.8 Å². The van der Waals surface area contributed by atoms with Gasteiger partial charge in [-0.25, -0.2) is 8.42 Å². The Morgan fingerprint density at radius 3 is 2.35 bits per heavy atom. The molecule has 0 aliphatic rings. The fourth-order valence-corrected chi connectivity index (χ4v) is 1.69. The van der Waals surface area contributed by atoms with Gasteiger partial charge in [-0.3, -0.25) is 9.52 Å². The van der Waals surface area contributed by atoms with Crippen LogP contribution in [0.3, 0.4) is 0 Å². The molecule has 7 heteroatoms. The lowest BCUT2D eigenvalue weighted by atomic mass is 10.1. The van der Waals surface area contributed by atoms with Crippen LogP contribution in [-0.4, -0.2) is 25.7 Å². The highest BCUT2D eigenvalue weighted by atomic mass is 32.2. The number of benzene rings is 1. The van der Waals surface area contributed by atoms with E-state index in [1.165, 1.54) is 0 Å². The number of carboxylic acid groups (broad SMARTS) is 1. The van der Waals surface area contributed by atoms with Crippen molar-refractivity contribution in [3.63, 3.8) is 0 Å². The molecule has 0 saturated carbocycles. The van der Waals surface area contributed by atoms with E-state index in [2.05, 4.69) is 4.72 Å². The van der Waals surface area contributed by atoms with E-state index in [4.69, 9.17) is 10.4 Å². The molecule has 0 amide bonds. The minimum absolute atomic E-state index is 0.0920. The number of para-hydroxylation sites is 1. The largest absolute Gasteiger partial charge is 0.481 e. The van der Waals surface area contributed by atoms with Crippen molar-refractivity contribution in [2.24, 2.45) is 5.92 Å². The fourth-order valence-electron chi connectivity index (χ4n) is 1.12. The van der Waals surface area contributed by atoms with E-state index >= 15 is 0 Å². The van der Waals surface area contributed by atoms with Crippen LogP contribution in [-0.2, 0) is 14.8 Å². The summed E-state index contributed by atoms with van der Waals surface area (Å²) in [6.07, 6.45) is 1.67. The lowest BCUT2D eigenvalue weighted by molar-refractivity contribution is -0.137. The molecule has 0 aliphatic heterocycles. The Bertz CT molecular complexity index is 549. The molecule has 0 spiro atoms. The summed E-state index contributed by atoms with van der Waals surface area (Å²) in [5, 5.41) is 16.4. The lowest BCUT2D eigenvalue weighted by Crippen LogP contribution is -2.08. The van der Waals surface area contributed by atoms with Crippen LogP contribution >= 0.6 is 0 Å². The first kappa shape index (κ1) is 17.9. The van der Waals surface area contributed by atoms with E-state index in [0.717, 1.165) is 6.26 Å². The fraction of sp³-hybridized carbons (Fsp3) is 0.385. The third kappa shape index (κ3) is 11.0. The number of carbonyl (C=O) groups is 1. The molecule has 110 valence electrons.